The topological polar surface area (TPSA) is 50.9 Å². The van der Waals surface area contributed by atoms with Gasteiger partial charge >= 0.3 is 0 Å². The molecule has 0 aliphatic carbocycles. The summed E-state index contributed by atoms with van der Waals surface area (Å²) in [5.74, 6) is 0. The molecule has 0 aliphatic rings. The fourth-order valence-corrected chi connectivity index (χ4v) is 2.53. The molecule has 1 aromatic heterocycles. The molecule has 2 aromatic rings. The fraction of sp³-hybridized carbons (Fsp3) is 0.467. The van der Waals surface area contributed by atoms with Gasteiger partial charge in [0.1, 0.15) is 18.3 Å². The van der Waals surface area contributed by atoms with Gasteiger partial charge in [-0.1, -0.05) is 49.9 Å². The van der Waals surface area contributed by atoms with Gasteiger partial charge in [0.2, 0.25) is 0 Å². The number of benzene rings is 1. The summed E-state index contributed by atoms with van der Waals surface area (Å²) >= 11 is 6.05. The molecule has 1 unspecified atom stereocenters. The van der Waals surface area contributed by atoms with E-state index in [2.05, 4.69) is 17.0 Å². The maximum atomic E-state index is 11.1. The van der Waals surface area contributed by atoms with E-state index in [9.17, 15) is 5.11 Å². The lowest BCUT2D eigenvalue weighted by Crippen LogP contribution is -2.31. The van der Waals surface area contributed by atoms with Crippen LogP contribution in [0.1, 0.15) is 38.2 Å². The van der Waals surface area contributed by atoms with Crippen LogP contribution in [-0.2, 0) is 12.1 Å². The minimum Gasteiger partial charge on any atom is -0.383 e. The van der Waals surface area contributed by atoms with Crippen molar-refractivity contribution >= 4 is 11.6 Å². The molecular weight excluding hydrogens is 274 g/mol. The van der Waals surface area contributed by atoms with Gasteiger partial charge in [0.25, 0.3) is 0 Å². The van der Waals surface area contributed by atoms with E-state index in [1.807, 2.05) is 24.3 Å². The third-order valence-corrected chi connectivity index (χ3v) is 3.68. The van der Waals surface area contributed by atoms with E-state index in [1.54, 1.807) is 11.0 Å². The molecule has 2 rings (SSSR count). The molecule has 20 heavy (non-hydrogen) atoms. The molecule has 0 bridgehead atoms. The van der Waals surface area contributed by atoms with Crippen molar-refractivity contribution in [3.8, 4) is 0 Å². The highest BCUT2D eigenvalue weighted by molar-refractivity contribution is 6.30. The lowest BCUT2D eigenvalue weighted by atomic mass is 9.88. The maximum Gasteiger partial charge on any atom is 0.137 e. The van der Waals surface area contributed by atoms with Crippen LogP contribution in [0.4, 0.5) is 0 Å². The number of nitrogens with zero attached hydrogens (tertiary/aromatic N) is 3. The third kappa shape index (κ3) is 3.81. The molecular formula is C15H20ClN3O. The van der Waals surface area contributed by atoms with Gasteiger partial charge < -0.3 is 5.11 Å². The predicted octanol–water partition coefficient (Wildman–Crippen LogP) is 3.40. The first kappa shape index (κ1) is 15.0. The molecule has 4 nitrogen and oxygen atoms in total. The van der Waals surface area contributed by atoms with Crippen LogP contribution in [0.25, 0.3) is 0 Å². The molecule has 1 aromatic carbocycles. The van der Waals surface area contributed by atoms with Crippen molar-refractivity contribution in [2.24, 2.45) is 0 Å². The van der Waals surface area contributed by atoms with Crippen molar-refractivity contribution in [3.63, 3.8) is 0 Å². The number of halogens is 1. The van der Waals surface area contributed by atoms with E-state index in [0.29, 0.717) is 18.0 Å². The maximum absolute atomic E-state index is 11.1. The first-order chi connectivity index (χ1) is 9.64. The van der Waals surface area contributed by atoms with E-state index in [0.717, 1.165) is 24.8 Å². The van der Waals surface area contributed by atoms with E-state index >= 15 is 0 Å². The molecule has 0 radical (unpaired) electrons. The quantitative estimate of drug-likeness (QED) is 0.796. The summed E-state index contributed by atoms with van der Waals surface area (Å²) in [6, 6.07) is 7.41. The molecule has 0 fully saturated rings. The Morgan fingerprint density at radius 1 is 1.35 bits per heavy atom. The molecule has 0 saturated heterocycles. The summed E-state index contributed by atoms with van der Waals surface area (Å²) in [5, 5.41) is 15.8. The highest BCUT2D eigenvalue weighted by atomic mass is 35.5. The summed E-state index contributed by atoms with van der Waals surface area (Å²) in [6.07, 6.45) is 6.96. The highest BCUT2D eigenvalue weighted by Gasteiger charge is 2.30. The van der Waals surface area contributed by atoms with Crippen molar-refractivity contribution in [2.45, 2.75) is 44.8 Å². The summed E-state index contributed by atoms with van der Waals surface area (Å²) in [6.45, 7) is 2.53. The Hall–Kier alpha value is -1.39. The number of unbranched alkanes of at least 4 members (excludes halogenated alkanes) is 2. The van der Waals surface area contributed by atoms with Gasteiger partial charge in [-0.25, -0.2) is 9.67 Å². The van der Waals surface area contributed by atoms with Gasteiger partial charge in [-0.3, -0.25) is 0 Å². The molecule has 108 valence electrons. The van der Waals surface area contributed by atoms with Crippen LogP contribution in [-0.4, -0.2) is 19.9 Å². The van der Waals surface area contributed by atoms with Gasteiger partial charge in [0.05, 0.1) is 6.54 Å². The molecule has 1 atom stereocenters. The number of aromatic nitrogens is 3. The zero-order valence-corrected chi connectivity index (χ0v) is 12.4. The molecule has 5 heteroatoms. The van der Waals surface area contributed by atoms with Crippen molar-refractivity contribution in [2.75, 3.05) is 0 Å². The minimum absolute atomic E-state index is 0.386. The van der Waals surface area contributed by atoms with E-state index in [-0.39, 0.29) is 0 Å². The zero-order chi connectivity index (χ0) is 14.4. The van der Waals surface area contributed by atoms with Crippen LogP contribution in [0, 0.1) is 0 Å². The second kappa shape index (κ2) is 6.86. The zero-order valence-electron chi connectivity index (χ0n) is 11.7. The third-order valence-electron chi connectivity index (χ3n) is 3.45. The normalized spacial score (nSPS) is 14.2. The Bertz CT molecular complexity index is 530. The average molecular weight is 294 g/mol. The standard InChI is InChI=1S/C15H20ClN3O/c1-2-3-4-8-15(20,10-19-12-17-11-18-19)13-6-5-7-14(16)9-13/h5-7,9,11-12,20H,2-4,8,10H2,1H3. The number of hydrogen-bond acceptors (Lipinski definition) is 3. The second-order valence-corrected chi connectivity index (χ2v) is 5.53. The molecule has 0 saturated carbocycles. The Labute approximate surface area is 124 Å². The Balaban J connectivity index is 2.22. The van der Waals surface area contributed by atoms with Crippen LogP contribution in [0.3, 0.4) is 0 Å². The van der Waals surface area contributed by atoms with Crippen LogP contribution in [0.15, 0.2) is 36.9 Å². The van der Waals surface area contributed by atoms with Crippen molar-refractivity contribution in [1.29, 1.82) is 0 Å². The summed E-state index contributed by atoms with van der Waals surface area (Å²) < 4.78 is 1.66. The molecule has 1 N–H and O–H groups in total. The van der Waals surface area contributed by atoms with Crippen LogP contribution in [0.2, 0.25) is 5.02 Å². The smallest absolute Gasteiger partial charge is 0.137 e. The Kier molecular flexibility index (Phi) is 5.15. The second-order valence-electron chi connectivity index (χ2n) is 5.09. The van der Waals surface area contributed by atoms with Crippen LogP contribution >= 0.6 is 11.6 Å². The highest BCUT2D eigenvalue weighted by Crippen LogP contribution is 2.30. The fourth-order valence-electron chi connectivity index (χ4n) is 2.34. The van der Waals surface area contributed by atoms with Gasteiger partial charge in [-0.05, 0) is 24.1 Å². The largest absolute Gasteiger partial charge is 0.383 e. The van der Waals surface area contributed by atoms with Crippen LogP contribution in [0.5, 0.6) is 0 Å². The van der Waals surface area contributed by atoms with Gasteiger partial charge in [0, 0.05) is 5.02 Å². The van der Waals surface area contributed by atoms with E-state index in [4.69, 9.17) is 11.6 Å². The summed E-state index contributed by atoms with van der Waals surface area (Å²) in [7, 11) is 0. The lowest BCUT2D eigenvalue weighted by molar-refractivity contribution is 0.00387. The first-order valence-electron chi connectivity index (χ1n) is 6.95. The average Bonchev–Trinajstić information content (AvgIpc) is 2.92. The van der Waals surface area contributed by atoms with Crippen molar-refractivity contribution in [1.82, 2.24) is 14.8 Å². The van der Waals surface area contributed by atoms with Crippen molar-refractivity contribution < 1.29 is 5.11 Å². The monoisotopic (exact) mass is 293 g/mol. The van der Waals surface area contributed by atoms with E-state index < -0.39 is 5.60 Å². The Morgan fingerprint density at radius 3 is 2.85 bits per heavy atom. The number of hydrogen-bond donors (Lipinski definition) is 1. The number of aliphatic hydroxyl groups is 1. The summed E-state index contributed by atoms with van der Waals surface area (Å²) in [4.78, 5) is 3.93. The Morgan fingerprint density at radius 2 is 2.20 bits per heavy atom. The van der Waals surface area contributed by atoms with E-state index in [1.165, 1.54) is 6.33 Å². The molecule has 0 amide bonds. The van der Waals surface area contributed by atoms with Crippen molar-refractivity contribution in [3.05, 3.63) is 47.5 Å². The van der Waals surface area contributed by atoms with Crippen LogP contribution < -0.4 is 0 Å². The summed E-state index contributed by atoms with van der Waals surface area (Å²) in [5.41, 5.74) is -0.134. The molecule has 0 spiro atoms. The lowest BCUT2D eigenvalue weighted by Gasteiger charge is -2.28. The van der Waals surface area contributed by atoms with Gasteiger partial charge in [-0.2, -0.15) is 5.10 Å². The molecule has 1 heterocycles. The predicted molar refractivity (Wildman–Crippen MR) is 79.5 cm³/mol. The van der Waals surface area contributed by atoms with Gasteiger partial charge in [0.15, 0.2) is 0 Å². The SMILES string of the molecule is CCCCCC(O)(Cn1cncn1)c1cccc(Cl)c1. The van der Waals surface area contributed by atoms with Gasteiger partial charge in [-0.15, -0.1) is 0 Å². The number of rotatable bonds is 7. The molecule has 0 aliphatic heterocycles. The minimum atomic E-state index is -0.965. The first-order valence-corrected chi connectivity index (χ1v) is 7.33.